The molecule has 0 bridgehead atoms. The van der Waals surface area contributed by atoms with Gasteiger partial charge in [-0.1, -0.05) is 30.5 Å². The van der Waals surface area contributed by atoms with Crippen LogP contribution in [0.2, 0.25) is 0 Å². The van der Waals surface area contributed by atoms with Crippen molar-refractivity contribution in [1.29, 1.82) is 0 Å². The summed E-state index contributed by atoms with van der Waals surface area (Å²) in [7, 11) is 0. The molecule has 0 aliphatic heterocycles. The van der Waals surface area contributed by atoms with Gasteiger partial charge in [0.05, 0.1) is 25.0 Å². The SMILES string of the molecule is Cc1ccc(-c2nc(CO[C@H]3CCCC[C@H]3C(=O)N[C@@H](C)CC(=O)O)c(C)o2)cc1. The predicted octanol–water partition coefficient (Wildman–Crippen LogP) is 4.01. The maximum Gasteiger partial charge on any atom is 0.305 e. The van der Waals surface area contributed by atoms with Crippen molar-refractivity contribution < 1.29 is 23.8 Å². The number of nitrogens with one attached hydrogen (secondary N) is 1. The number of carbonyl (C=O) groups is 2. The molecule has 1 amide bonds. The van der Waals surface area contributed by atoms with Crippen LogP contribution in [-0.2, 0) is 20.9 Å². The van der Waals surface area contributed by atoms with Crippen LogP contribution in [0.1, 0.15) is 56.0 Å². The molecule has 0 unspecified atom stereocenters. The number of nitrogens with zero attached hydrogens (tertiary/aromatic N) is 1. The maximum atomic E-state index is 12.7. The minimum atomic E-state index is -0.926. The topological polar surface area (TPSA) is 102 Å². The van der Waals surface area contributed by atoms with Crippen LogP contribution in [0.3, 0.4) is 0 Å². The Morgan fingerprint density at radius 3 is 2.63 bits per heavy atom. The van der Waals surface area contributed by atoms with Crippen molar-refractivity contribution in [2.24, 2.45) is 5.92 Å². The molecule has 1 saturated carbocycles. The third-order valence-corrected chi connectivity index (χ3v) is 5.53. The van der Waals surface area contributed by atoms with E-state index in [0.29, 0.717) is 11.7 Å². The van der Waals surface area contributed by atoms with E-state index in [4.69, 9.17) is 14.3 Å². The van der Waals surface area contributed by atoms with Crippen molar-refractivity contribution in [3.05, 3.63) is 41.3 Å². The van der Waals surface area contributed by atoms with Crippen LogP contribution in [-0.4, -0.2) is 34.1 Å². The highest BCUT2D eigenvalue weighted by Gasteiger charge is 2.32. The van der Waals surface area contributed by atoms with E-state index in [1.807, 2.05) is 38.1 Å². The van der Waals surface area contributed by atoms with E-state index < -0.39 is 12.0 Å². The lowest BCUT2D eigenvalue weighted by Gasteiger charge is -2.31. The van der Waals surface area contributed by atoms with E-state index in [-0.39, 0.29) is 31.0 Å². The largest absolute Gasteiger partial charge is 0.481 e. The monoisotopic (exact) mass is 414 g/mol. The van der Waals surface area contributed by atoms with Gasteiger partial charge in [-0.3, -0.25) is 9.59 Å². The number of ether oxygens (including phenoxy) is 1. The number of amides is 1. The van der Waals surface area contributed by atoms with Crippen LogP contribution in [0.4, 0.5) is 0 Å². The number of benzene rings is 1. The van der Waals surface area contributed by atoms with Gasteiger partial charge >= 0.3 is 5.97 Å². The average Bonchev–Trinajstić information content (AvgIpc) is 3.07. The first kappa shape index (κ1) is 22.0. The number of rotatable bonds is 8. The molecule has 2 N–H and O–H groups in total. The molecule has 3 atom stereocenters. The molecule has 0 radical (unpaired) electrons. The van der Waals surface area contributed by atoms with Crippen molar-refractivity contribution >= 4 is 11.9 Å². The van der Waals surface area contributed by atoms with Crippen molar-refractivity contribution in [2.45, 2.75) is 71.6 Å². The summed E-state index contributed by atoms with van der Waals surface area (Å²) >= 11 is 0. The molecule has 162 valence electrons. The zero-order chi connectivity index (χ0) is 21.7. The van der Waals surface area contributed by atoms with Gasteiger partial charge in [0.2, 0.25) is 11.8 Å². The molecule has 2 aromatic rings. The van der Waals surface area contributed by atoms with Crippen molar-refractivity contribution in [3.8, 4) is 11.5 Å². The second-order valence-corrected chi connectivity index (χ2v) is 8.14. The quantitative estimate of drug-likeness (QED) is 0.677. The number of carboxylic acids is 1. The summed E-state index contributed by atoms with van der Waals surface area (Å²) in [5, 5.41) is 11.7. The fourth-order valence-electron chi connectivity index (χ4n) is 3.83. The van der Waals surface area contributed by atoms with E-state index in [1.54, 1.807) is 6.92 Å². The molecule has 30 heavy (non-hydrogen) atoms. The zero-order valence-corrected chi connectivity index (χ0v) is 17.8. The number of oxazole rings is 1. The lowest BCUT2D eigenvalue weighted by molar-refractivity contribution is -0.138. The summed E-state index contributed by atoms with van der Waals surface area (Å²) < 4.78 is 11.9. The molecule has 1 aliphatic carbocycles. The highest BCUT2D eigenvalue weighted by atomic mass is 16.5. The second-order valence-electron chi connectivity index (χ2n) is 8.14. The smallest absolute Gasteiger partial charge is 0.305 e. The molecular weight excluding hydrogens is 384 g/mol. The normalized spacial score (nSPS) is 20.0. The molecule has 0 spiro atoms. The summed E-state index contributed by atoms with van der Waals surface area (Å²) in [5.74, 6) is -0.0708. The van der Waals surface area contributed by atoms with Crippen LogP contribution in [0.25, 0.3) is 11.5 Å². The van der Waals surface area contributed by atoms with Gasteiger partial charge in [0, 0.05) is 11.6 Å². The van der Waals surface area contributed by atoms with Crippen molar-refractivity contribution in [1.82, 2.24) is 10.3 Å². The Labute approximate surface area is 176 Å². The van der Waals surface area contributed by atoms with Crippen molar-refractivity contribution in [3.63, 3.8) is 0 Å². The first-order valence-electron chi connectivity index (χ1n) is 10.5. The van der Waals surface area contributed by atoms with Gasteiger partial charge in [-0.15, -0.1) is 0 Å². The Hall–Kier alpha value is -2.67. The van der Waals surface area contributed by atoms with Gasteiger partial charge in [-0.05, 0) is 45.7 Å². The fraction of sp³-hybridized carbons (Fsp3) is 0.522. The molecule has 1 aliphatic rings. The molecule has 7 heteroatoms. The zero-order valence-electron chi connectivity index (χ0n) is 17.8. The number of carbonyl (C=O) groups excluding carboxylic acids is 1. The second kappa shape index (κ2) is 9.89. The minimum absolute atomic E-state index is 0.0933. The molecular formula is C23H30N2O5. The van der Waals surface area contributed by atoms with Crippen LogP contribution in [0, 0.1) is 19.8 Å². The minimum Gasteiger partial charge on any atom is -0.481 e. The maximum absolute atomic E-state index is 12.7. The number of aryl methyl sites for hydroxylation is 2. The average molecular weight is 415 g/mol. The van der Waals surface area contributed by atoms with Crippen LogP contribution in [0.15, 0.2) is 28.7 Å². The standard InChI is InChI=1S/C23H30N2O5/c1-14-8-10-17(11-9-14)23-25-19(16(3)30-23)13-29-20-7-5-4-6-18(20)22(28)24-15(2)12-21(26)27/h8-11,15,18,20H,4-7,12-13H2,1-3H3,(H,24,28)(H,26,27)/t15-,18+,20-/m0/s1. The van der Waals surface area contributed by atoms with Crippen molar-refractivity contribution in [2.75, 3.05) is 0 Å². The molecule has 3 rings (SSSR count). The number of hydrogen-bond donors (Lipinski definition) is 2. The molecule has 1 aromatic heterocycles. The van der Waals surface area contributed by atoms with Gasteiger partial charge in [-0.25, -0.2) is 4.98 Å². The Morgan fingerprint density at radius 2 is 1.93 bits per heavy atom. The van der Waals surface area contributed by atoms with Gasteiger partial charge in [-0.2, -0.15) is 0 Å². The number of aliphatic carboxylic acids is 1. The van der Waals surface area contributed by atoms with Crippen LogP contribution in [0.5, 0.6) is 0 Å². The Bertz CT molecular complexity index is 874. The lowest BCUT2D eigenvalue weighted by Crippen LogP contribution is -2.44. The van der Waals surface area contributed by atoms with E-state index in [0.717, 1.165) is 36.9 Å². The van der Waals surface area contributed by atoms with Crippen LogP contribution >= 0.6 is 0 Å². The van der Waals surface area contributed by atoms with E-state index >= 15 is 0 Å². The van der Waals surface area contributed by atoms with E-state index in [2.05, 4.69) is 10.3 Å². The number of carboxylic acid groups (broad SMARTS) is 1. The molecule has 1 aromatic carbocycles. The molecule has 7 nitrogen and oxygen atoms in total. The highest BCUT2D eigenvalue weighted by Crippen LogP contribution is 2.29. The molecule has 1 fully saturated rings. The third-order valence-electron chi connectivity index (χ3n) is 5.53. The van der Waals surface area contributed by atoms with Gasteiger partial charge in [0.1, 0.15) is 11.5 Å². The summed E-state index contributed by atoms with van der Waals surface area (Å²) in [6, 6.07) is 7.58. The third kappa shape index (κ3) is 5.69. The fourth-order valence-corrected chi connectivity index (χ4v) is 3.83. The van der Waals surface area contributed by atoms with Gasteiger partial charge in [0.25, 0.3) is 0 Å². The first-order valence-corrected chi connectivity index (χ1v) is 10.5. The Kier molecular flexibility index (Phi) is 7.26. The first-order chi connectivity index (χ1) is 14.3. The van der Waals surface area contributed by atoms with E-state index in [1.165, 1.54) is 5.56 Å². The van der Waals surface area contributed by atoms with Gasteiger partial charge in [0.15, 0.2) is 0 Å². The molecule has 1 heterocycles. The molecule has 0 saturated heterocycles. The summed E-state index contributed by atoms with van der Waals surface area (Å²) in [6.45, 7) is 5.88. The highest BCUT2D eigenvalue weighted by molar-refractivity contribution is 5.80. The number of aromatic nitrogens is 1. The van der Waals surface area contributed by atoms with Gasteiger partial charge < -0.3 is 19.6 Å². The predicted molar refractivity (Wildman–Crippen MR) is 112 cm³/mol. The Balaban J connectivity index is 1.62. The Morgan fingerprint density at radius 1 is 1.23 bits per heavy atom. The van der Waals surface area contributed by atoms with E-state index in [9.17, 15) is 9.59 Å². The lowest BCUT2D eigenvalue weighted by atomic mass is 9.85. The summed E-state index contributed by atoms with van der Waals surface area (Å²) in [5.41, 5.74) is 2.82. The van der Waals surface area contributed by atoms with Crippen LogP contribution < -0.4 is 5.32 Å². The number of hydrogen-bond acceptors (Lipinski definition) is 5. The summed E-state index contributed by atoms with van der Waals surface area (Å²) in [6.07, 6.45) is 3.20. The summed E-state index contributed by atoms with van der Waals surface area (Å²) in [4.78, 5) is 28.1.